The Morgan fingerprint density at radius 2 is 1.20 bits per heavy atom. The van der Waals surface area contributed by atoms with Gasteiger partial charge < -0.3 is 10.1 Å². The summed E-state index contributed by atoms with van der Waals surface area (Å²) in [5.74, 6) is -4.17. The monoisotopic (exact) mass is 688 g/mol. The molecule has 264 valence electrons. The number of nitrogens with one attached hydrogen (secondary N) is 1. The zero-order valence-electron chi connectivity index (χ0n) is 28.2. The van der Waals surface area contributed by atoms with Crippen LogP contribution in [0.15, 0.2) is 71.8 Å². The summed E-state index contributed by atoms with van der Waals surface area (Å²) in [7, 11) is 0. The van der Waals surface area contributed by atoms with Gasteiger partial charge in [-0.1, -0.05) is 50.7 Å². The highest BCUT2D eigenvalue weighted by atomic mass is 19.2. The van der Waals surface area contributed by atoms with Gasteiger partial charge in [0.1, 0.15) is 12.4 Å². The van der Waals surface area contributed by atoms with Gasteiger partial charge in [0.25, 0.3) is 5.91 Å². The number of Topliss-reactive ketones (excluding diaryl/α,β-unsaturated/α-hetero) is 1. The summed E-state index contributed by atoms with van der Waals surface area (Å²) in [5, 5.41) is 2.99. The molecule has 0 aromatic heterocycles. The molecule has 3 aromatic carbocycles. The molecule has 3 aliphatic rings. The highest BCUT2D eigenvalue weighted by Gasteiger charge is 2.30. The molecule has 6 rings (SSSR count). The van der Waals surface area contributed by atoms with Crippen molar-refractivity contribution in [2.75, 3.05) is 13.2 Å². The Bertz CT molecular complexity index is 1630. The molecule has 3 aromatic rings. The largest absolute Gasteiger partial charge is 0.492 e. The zero-order chi connectivity index (χ0) is 35.0. The van der Waals surface area contributed by atoms with Gasteiger partial charge in [0.2, 0.25) is 0 Å². The summed E-state index contributed by atoms with van der Waals surface area (Å²) in [5.41, 5.74) is 1.50. The Labute approximate surface area is 291 Å². The molecule has 5 nitrogen and oxygen atoms in total. The van der Waals surface area contributed by atoms with Crippen LogP contribution in [0.2, 0.25) is 0 Å². The molecule has 0 atom stereocenters. The van der Waals surface area contributed by atoms with Crippen LogP contribution in [0.4, 0.5) is 17.6 Å². The first-order chi connectivity index (χ1) is 24.2. The molecule has 0 heterocycles. The lowest BCUT2D eigenvalue weighted by molar-refractivity contribution is -0.113. The Morgan fingerprint density at radius 3 is 1.68 bits per heavy atom. The van der Waals surface area contributed by atoms with E-state index in [0.29, 0.717) is 30.0 Å². The number of halogens is 4. The SMILES string of the molecule is O=C1/C(=C/c2ccc(F)c(F)c2)CC(NC(=O)c2ccc(OCCN(C3CCCCC3)C3CCCCC3)cc2)C/C1=C\c1ccc(F)c(F)c1. The van der Waals surface area contributed by atoms with Gasteiger partial charge in [-0.3, -0.25) is 14.5 Å². The van der Waals surface area contributed by atoms with E-state index in [-0.39, 0.29) is 46.8 Å². The van der Waals surface area contributed by atoms with Crippen LogP contribution < -0.4 is 10.1 Å². The number of carbonyl (C=O) groups excluding carboxylic acids is 2. The highest BCUT2D eigenvalue weighted by molar-refractivity contribution is 6.14. The predicted molar refractivity (Wildman–Crippen MR) is 187 cm³/mol. The topological polar surface area (TPSA) is 58.6 Å². The molecule has 3 fully saturated rings. The number of hydrogen-bond acceptors (Lipinski definition) is 4. The van der Waals surface area contributed by atoms with Crippen molar-refractivity contribution >= 4 is 23.8 Å². The van der Waals surface area contributed by atoms with Gasteiger partial charge in [0.05, 0.1) is 0 Å². The van der Waals surface area contributed by atoms with E-state index in [9.17, 15) is 27.2 Å². The molecule has 0 radical (unpaired) electrons. The standard InChI is InChI=1S/C41H44F4N2O3/c42-36-17-11-27(23-38(36)44)21-30-25-32(26-31(40(30)48)22-28-12-18-37(43)39(45)24-28)46-41(49)29-13-15-35(16-14-29)50-20-19-47(33-7-3-1-4-8-33)34-9-5-2-6-10-34/h11-18,21-24,32-34H,1-10,19-20,25-26H2,(H,46,49)/b30-21+,31-22+. The lowest BCUT2D eigenvalue weighted by atomic mass is 9.83. The lowest BCUT2D eigenvalue weighted by Crippen LogP contribution is -2.47. The van der Waals surface area contributed by atoms with E-state index in [4.69, 9.17) is 4.74 Å². The summed E-state index contributed by atoms with van der Waals surface area (Å²) in [6.45, 7) is 1.47. The second-order valence-electron chi connectivity index (χ2n) is 13.8. The van der Waals surface area contributed by atoms with Crippen molar-refractivity contribution in [3.8, 4) is 5.75 Å². The van der Waals surface area contributed by atoms with E-state index in [2.05, 4.69) is 10.2 Å². The van der Waals surface area contributed by atoms with Gasteiger partial charge in [0.15, 0.2) is 29.1 Å². The van der Waals surface area contributed by atoms with Crippen LogP contribution in [0, 0.1) is 23.3 Å². The number of rotatable bonds is 10. The molecule has 0 bridgehead atoms. The second kappa shape index (κ2) is 16.6. The maximum Gasteiger partial charge on any atom is 0.251 e. The van der Waals surface area contributed by atoms with E-state index >= 15 is 0 Å². The number of ether oxygens (including phenoxy) is 1. The molecule has 3 saturated carbocycles. The minimum absolute atomic E-state index is 0.137. The number of benzene rings is 3. The fraction of sp³-hybridized carbons (Fsp3) is 0.415. The minimum atomic E-state index is -1.05. The zero-order valence-corrected chi connectivity index (χ0v) is 28.2. The fourth-order valence-electron chi connectivity index (χ4n) is 7.68. The molecule has 9 heteroatoms. The second-order valence-corrected chi connectivity index (χ2v) is 13.8. The van der Waals surface area contributed by atoms with Crippen molar-refractivity contribution in [1.82, 2.24) is 10.2 Å². The van der Waals surface area contributed by atoms with Gasteiger partial charge in [-0.2, -0.15) is 0 Å². The minimum Gasteiger partial charge on any atom is -0.492 e. The van der Waals surface area contributed by atoms with Gasteiger partial charge >= 0.3 is 0 Å². The average molecular weight is 689 g/mol. The number of carbonyl (C=O) groups is 2. The van der Waals surface area contributed by atoms with Gasteiger partial charge in [-0.15, -0.1) is 0 Å². The van der Waals surface area contributed by atoms with Crippen LogP contribution in [0.1, 0.15) is 98.5 Å². The number of amides is 1. The van der Waals surface area contributed by atoms with Crippen molar-refractivity contribution in [1.29, 1.82) is 0 Å². The van der Waals surface area contributed by atoms with Crippen molar-refractivity contribution in [2.45, 2.75) is 95.2 Å². The Hall–Kier alpha value is -4.24. The summed E-state index contributed by atoms with van der Waals surface area (Å²) >= 11 is 0. The first kappa shape index (κ1) is 35.6. The first-order valence-electron chi connectivity index (χ1n) is 17.9. The summed E-state index contributed by atoms with van der Waals surface area (Å²) in [6.07, 6.45) is 16.1. The van der Waals surface area contributed by atoms with Crippen molar-refractivity contribution in [2.24, 2.45) is 0 Å². The average Bonchev–Trinajstić information content (AvgIpc) is 3.13. The number of ketones is 1. The highest BCUT2D eigenvalue weighted by Crippen LogP contribution is 2.31. The van der Waals surface area contributed by atoms with Crippen LogP contribution in [0.3, 0.4) is 0 Å². The van der Waals surface area contributed by atoms with Gasteiger partial charge in [-0.25, -0.2) is 17.6 Å². The Morgan fingerprint density at radius 1 is 0.700 bits per heavy atom. The fourth-order valence-corrected chi connectivity index (χ4v) is 7.68. The summed E-state index contributed by atoms with van der Waals surface area (Å²) < 4.78 is 61.2. The predicted octanol–water partition coefficient (Wildman–Crippen LogP) is 9.22. The normalized spacial score (nSPS) is 20.8. The molecule has 0 aliphatic heterocycles. The molecular formula is C41H44F4N2O3. The van der Waals surface area contributed by atoms with E-state index in [0.717, 1.165) is 30.8 Å². The van der Waals surface area contributed by atoms with Gasteiger partial charge in [-0.05, 0) is 110 Å². The molecule has 0 unspecified atom stereocenters. The first-order valence-corrected chi connectivity index (χ1v) is 17.9. The van der Waals surface area contributed by atoms with E-state index in [1.54, 1.807) is 24.3 Å². The number of hydrogen-bond donors (Lipinski definition) is 1. The quantitative estimate of drug-likeness (QED) is 0.171. The lowest BCUT2D eigenvalue weighted by Gasteiger charge is -2.41. The molecule has 1 N–H and O–H groups in total. The van der Waals surface area contributed by atoms with E-state index < -0.39 is 29.3 Å². The Kier molecular flexibility index (Phi) is 11.8. The summed E-state index contributed by atoms with van der Waals surface area (Å²) in [6, 6.07) is 14.4. The van der Waals surface area contributed by atoms with Crippen LogP contribution in [0.25, 0.3) is 12.2 Å². The van der Waals surface area contributed by atoms with E-state index in [1.807, 2.05) is 0 Å². The van der Waals surface area contributed by atoms with Crippen molar-refractivity contribution < 1.29 is 31.9 Å². The molecule has 3 aliphatic carbocycles. The molecular weight excluding hydrogens is 644 g/mol. The van der Waals surface area contributed by atoms with Crippen LogP contribution in [0.5, 0.6) is 5.75 Å². The van der Waals surface area contributed by atoms with Crippen LogP contribution >= 0.6 is 0 Å². The Balaban J connectivity index is 1.12. The molecule has 1 amide bonds. The number of nitrogens with zero attached hydrogens (tertiary/aromatic N) is 1. The smallest absolute Gasteiger partial charge is 0.251 e. The third kappa shape index (κ3) is 9.10. The molecule has 0 saturated heterocycles. The van der Waals surface area contributed by atoms with Crippen molar-refractivity contribution in [3.63, 3.8) is 0 Å². The molecule has 0 spiro atoms. The van der Waals surface area contributed by atoms with Gasteiger partial charge in [0, 0.05) is 41.4 Å². The third-order valence-electron chi connectivity index (χ3n) is 10.2. The molecule has 50 heavy (non-hydrogen) atoms. The summed E-state index contributed by atoms with van der Waals surface area (Å²) in [4.78, 5) is 29.6. The maximum absolute atomic E-state index is 14.0. The third-order valence-corrected chi connectivity index (χ3v) is 10.2. The van der Waals surface area contributed by atoms with Crippen LogP contribution in [-0.4, -0.2) is 47.9 Å². The van der Waals surface area contributed by atoms with E-state index in [1.165, 1.54) is 88.5 Å². The maximum atomic E-state index is 14.0. The van der Waals surface area contributed by atoms with Crippen molar-refractivity contribution in [3.05, 3.63) is 112 Å². The van der Waals surface area contributed by atoms with Crippen LogP contribution in [-0.2, 0) is 4.79 Å².